The highest BCUT2D eigenvalue weighted by Gasteiger charge is 2.30. The van der Waals surface area contributed by atoms with Crippen LogP contribution in [-0.2, 0) is 11.0 Å². The van der Waals surface area contributed by atoms with Crippen LogP contribution in [0.1, 0.15) is 58.4 Å². The number of nitrogens with two attached hydrogens (primary N) is 1. The molecule has 0 spiro atoms. The van der Waals surface area contributed by atoms with Gasteiger partial charge in [-0.1, -0.05) is 58.4 Å². The van der Waals surface area contributed by atoms with Crippen molar-refractivity contribution in [2.24, 2.45) is 5.84 Å². The third-order valence-electron chi connectivity index (χ3n) is 2.85. The SMILES string of the molecule is C/C=C(\C)C=O.C=CCO.CC.CCC.CNN.Cc1cnc(-c2ccc(C(F)(F)F)cc2)s1. The third-order valence-corrected chi connectivity index (χ3v) is 3.81. The Hall–Kier alpha value is -2.33. The highest BCUT2D eigenvalue weighted by Crippen LogP contribution is 2.31. The first-order valence-electron chi connectivity index (χ1n) is 10.8. The zero-order chi connectivity index (χ0) is 27.6. The second-order valence-electron chi connectivity index (χ2n) is 5.97. The van der Waals surface area contributed by atoms with Crippen LogP contribution in [-0.4, -0.2) is 30.0 Å². The van der Waals surface area contributed by atoms with E-state index >= 15 is 0 Å². The molecule has 9 heteroatoms. The first-order chi connectivity index (χ1) is 16.0. The van der Waals surface area contributed by atoms with Gasteiger partial charge in [0.05, 0.1) is 12.2 Å². The lowest BCUT2D eigenvalue weighted by atomic mass is 10.1. The van der Waals surface area contributed by atoms with Gasteiger partial charge in [-0.3, -0.25) is 16.1 Å². The molecule has 196 valence electrons. The van der Waals surface area contributed by atoms with Crippen LogP contribution in [0.4, 0.5) is 13.2 Å². The van der Waals surface area contributed by atoms with E-state index in [2.05, 4.69) is 36.7 Å². The average molecular weight is 506 g/mol. The zero-order valence-electron chi connectivity index (χ0n) is 21.7. The number of thiazole rings is 1. The molecule has 5 nitrogen and oxygen atoms in total. The second kappa shape index (κ2) is 26.9. The van der Waals surface area contributed by atoms with Gasteiger partial charge in [-0.15, -0.1) is 17.9 Å². The summed E-state index contributed by atoms with van der Waals surface area (Å²) in [6, 6.07) is 5.04. The number of halogens is 3. The van der Waals surface area contributed by atoms with Gasteiger partial charge in [0.15, 0.2) is 0 Å². The maximum atomic E-state index is 12.3. The summed E-state index contributed by atoms with van der Waals surface area (Å²) in [5.41, 5.74) is 3.12. The Morgan fingerprint density at radius 2 is 1.65 bits per heavy atom. The van der Waals surface area contributed by atoms with E-state index in [0.29, 0.717) is 5.56 Å². The number of benzene rings is 1. The van der Waals surface area contributed by atoms with Crippen molar-refractivity contribution in [3.05, 3.63) is 65.2 Å². The number of carbonyl (C=O) groups excluding carboxylic acids is 1. The lowest BCUT2D eigenvalue weighted by Crippen LogP contribution is -2.13. The fraction of sp³-hybridized carbons (Fsp3) is 0.440. The maximum Gasteiger partial charge on any atom is 0.416 e. The van der Waals surface area contributed by atoms with E-state index in [0.717, 1.165) is 33.9 Å². The number of hydrazine groups is 1. The molecule has 0 radical (unpaired) electrons. The van der Waals surface area contributed by atoms with Crippen LogP contribution >= 0.6 is 11.3 Å². The first kappa shape index (κ1) is 38.9. The predicted octanol–water partition coefficient (Wildman–Crippen LogP) is 6.98. The molecule has 1 aromatic carbocycles. The molecule has 0 saturated carbocycles. The molecular formula is C25H42F3N3O2S. The quantitative estimate of drug-likeness (QED) is 0.138. The van der Waals surface area contributed by atoms with E-state index in [9.17, 15) is 18.0 Å². The molecule has 0 fully saturated rings. The smallest absolute Gasteiger partial charge is 0.392 e. The Morgan fingerprint density at radius 3 is 1.85 bits per heavy atom. The van der Waals surface area contributed by atoms with E-state index < -0.39 is 11.7 Å². The van der Waals surface area contributed by atoms with Gasteiger partial charge in [0.2, 0.25) is 0 Å². The first-order valence-corrected chi connectivity index (χ1v) is 11.6. The molecule has 0 aliphatic rings. The van der Waals surface area contributed by atoms with Crippen LogP contribution in [0.5, 0.6) is 0 Å². The Morgan fingerprint density at radius 1 is 1.24 bits per heavy atom. The molecule has 1 heterocycles. The summed E-state index contributed by atoms with van der Waals surface area (Å²) in [6.07, 6.45) is 2.71. The minimum Gasteiger partial charge on any atom is -0.392 e. The normalized spacial score (nSPS) is 9.50. The monoisotopic (exact) mass is 505 g/mol. The summed E-state index contributed by atoms with van der Waals surface area (Å²) in [7, 11) is 1.65. The van der Waals surface area contributed by atoms with Crippen molar-refractivity contribution in [2.75, 3.05) is 13.7 Å². The lowest BCUT2D eigenvalue weighted by Gasteiger charge is -2.06. The molecule has 1 aromatic heterocycles. The number of carbonyl (C=O) groups is 1. The number of aliphatic hydroxyl groups excluding tert-OH is 1. The van der Waals surface area contributed by atoms with Gasteiger partial charge in [0.25, 0.3) is 0 Å². The fourth-order valence-electron chi connectivity index (χ4n) is 1.36. The topological polar surface area (TPSA) is 88.2 Å². The predicted molar refractivity (Wildman–Crippen MR) is 141 cm³/mol. The molecule has 2 aromatic rings. The number of aliphatic hydroxyl groups is 1. The van der Waals surface area contributed by atoms with Crippen molar-refractivity contribution >= 4 is 17.6 Å². The van der Waals surface area contributed by atoms with E-state index in [1.807, 2.05) is 27.7 Å². The number of allylic oxidation sites excluding steroid dienone is 2. The van der Waals surface area contributed by atoms with Gasteiger partial charge in [-0.05, 0) is 45.5 Å². The average Bonchev–Trinajstić information content (AvgIpc) is 3.27. The van der Waals surface area contributed by atoms with Crippen LogP contribution in [0, 0.1) is 6.92 Å². The van der Waals surface area contributed by atoms with Crippen molar-refractivity contribution in [2.45, 2.75) is 61.1 Å². The molecule has 2 rings (SSSR count). The van der Waals surface area contributed by atoms with E-state index in [1.165, 1.54) is 36.0 Å². The van der Waals surface area contributed by atoms with E-state index in [-0.39, 0.29) is 6.61 Å². The summed E-state index contributed by atoms with van der Waals surface area (Å²) < 4.78 is 36.9. The number of aldehydes is 1. The Bertz CT molecular complexity index is 743. The molecule has 0 aliphatic heterocycles. The summed E-state index contributed by atoms with van der Waals surface area (Å²) in [5.74, 6) is 4.60. The minimum atomic E-state index is -4.28. The summed E-state index contributed by atoms with van der Waals surface area (Å²) in [4.78, 5) is 14.8. The Balaban J connectivity index is -0.000000207. The van der Waals surface area contributed by atoms with Crippen LogP contribution in [0.15, 0.2) is 54.8 Å². The highest BCUT2D eigenvalue weighted by atomic mass is 32.1. The molecule has 4 N–H and O–H groups in total. The van der Waals surface area contributed by atoms with Crippen molar-refractivity contribution < 1.29 is 23.1 Å². The number of aromatic nitrogens is 1. The standard InChI is InChI=1S/C11H8F3NS.C5H8O.C3H6O.C3H8.C2H6.CH6N2/c1-7-6-15-10(16-7)8-2-4-9(5-3-8)11(12,13)14;1-3-5(2)4-6;1-2-3-4;1-3-2;1-2;1-3-2/h2-6H,1H3;3-4H,1-2H3;2,4H,1,3H2;3H2,1-2H3;1-2H3;3H,2H2,1H3/b;5-3+;;;;. The van der Waals surface area contributed by atoms with Crippen LogP contribution in [0.3, 0.4) is 0 Å². The van der Waals surface area contributed by atoms with Crippen molar-refractivity contribution in [3.63, 3.8) is 0 Å². The van der Waals surface area contributed by atoms with Gasteiger partial charge in [-0.25, -0.2) is 4.98 Å². The van der Waals surface area contributed by atoms with Crippen molar-refractivity contribution in [3.8, 4) is 10.6 Å². The number of hydrogen-bond acceptors (Lipinski definition) is 6. The summed E-state index contributed by atoms with van der Waals surface area (Å²) >= 11 is 1.46. The van der Waals surface area contributed by atoms with Crippen LogP contribution in [0.25, 0.3) is 10.6 Å². The van der Waals surface area contributed by atoms with Crippen LogP contribution < -0.4 is 11.3 Å². The Labute approximate surface area is 207 Å². The fourth-order valence-corrected chi connectivity index (χ4v) is 2.13. The molecule has 34 heavy (non-hydrogen) atoms. The summed E-state index contributed by atoms with van der Waals surface area (Å²) in [6.45, 7) is 17.1. The number of aryl methyl sites for hydroxylation is 1. The molecule has 0 atom stereocenters. The van der Waals surface area contributed by atoms with Gasteiger partial charge >= 0.3 is 6.18 Å². The van der Waals surface area contributed by atoms with E-state index in [1.54, 1.807) is 26.2 Å². The number of rotatable bonds is 3. The third kappa shape index (κ3) is 24.3. The number of alkyl halides is 3. The number of hydrogen-bond donors (Lipinski definition) is 3. The van der Waals surface area contributed by atoms with Gasteiger partial charge in [0.1, 0.15) is 11.3 Å². The minimum absolute atomic E-state index is 0.0833. The summed E-state index contributed by atoms with van der Waals surface area (Å²) in [5, 5.41) is 8.50. The molecular weight excluding hydrogens is 463 g/mol. The molecule has 0 aliphatic carbocycles. The lowest BCUT2D eigenvalue weighted by molar-refractivity contribution is -0.137. The largest absolute Gasteiger partial charge is 0.416 e. The van der Waals surface area contributed by atoms with E-state index in [4.69, 9.17) is 5.11 Å². The molecule has 0 bridgehead atoms. The number of nitrogens with one attached hydrogen (secondary N) is 1. The Kier molecular flexibility index (Phi) is 30.8. The second-order valence-corrected chi connectivity index (χ2v) is 7.20. The molecule has 0 saturated heterocycles. The highest BCUT2D eigenvalue weighted by molar-refractivity contribution is 7.14. The molecule has 0 amide bonds. The zero-order valence-corrected chi connectivity index (χ0v) is 22.5. The van der Waals surface area contributed by atoms with Crippen molar-refractivity contribution in [1.82, 2.24) is 10.4 Å². The van der Waals surface area contributed by atoms with Gasteiger partial charge in [0, 0.05) is 16.6 Å². The van der Waals surface area contributed by atoms with Gasteiger partial charge < -0.3 is 5.11 Å². The maximum absolute atomic E-state index is 12.3. The van der Waals surface area contributed by atoms with Crippen LogP contribution in [0.2, 0.25) is 0 Å². The van der Waals surface area contributed by atoms with Crippen molar-refractivity contribution in [1.29, 1.82) is 0 Å². The molecule has 0 unspecified atom stereocenters. The number of nitrogens with zero attached hydrogens (tertiary/aromatic N) is 1. The van der Waals surface area contributed by atoms with Gasteiger partial charge in [-0.2, -0.15) is 13.2 Å².